The van der Waals surface area contributed by atoms with Gasteiger partial charge in [-0.1, -0.05) is 24.3 Å². The van der Waals surface area contributed by atoms with E-state index in [-0.39, 0.29) is 11.9 Å². The molecular formula is C15H13FN2O. The minimum atomic E-state index is -0.639. The normalized spacial score (nSPS) is 17.0. The van der Waals surface area contributed by atoms with Crippen LogP contribution >= 0.6 is 0 Å². The molecule has 19 heavy (non-hydrogen) atoms. The molecule has 1 aromatic carbocycles. The van der Waals surface area contributed by atoms with Crippen molar-refractivity contribution in [3.05, 3.63) is 65.2 Å². The van der Waals surface area contributed by atoms with Gasteiger partial charge in [-0.25, -0.2) is 4.98 Å². The van der Waals surface area contributed by atoms with Gasteiger partial charge in [0, 0.05) is 17.8 Å². The van der Waals surface area contributed by atoms with Crippen LogP contribution in [0.3, 0.4) is 0 Å². The lowest BCUT2D eigenvalue weighted by atomic mass is 10.1. The predicted molar refractivity (Wildman–Crippen MR) is 69.2 cm³/mol. The van der Waals surface area contributed by atoms with Gasteiger partial charge in [0.2, 0.25) is 5.95 Å². The van der Waals surface area contributed by atoms with Crippen LogP contribution in [0.1, 0.15) is 33.9 Å². The molecule has 1 atom stereocenters. The number of nitrogens with one attached hydrogen (secondary N) is 1. The lowest BCUT2D eigenvalue weighted by Crippen LogP contribution is -2.27. The van der Waals surface area contributed by atoms with E-state index in [2.05, 4.69) is 16.4 Å². The van der Waals surface area contributed by atoms with Crippen LogP contribution in [0.5, 0.6) is 0 Å². The molecule has 1 aliphatic carbocycles. The second-order valence-corrected chi connectivity index (χ2v) is 4.63. The van der Waals surface area contributed by atoms with Crippen molar-refractivity contribution in [1.29, 1.82) is 0 Å². The first-order valence-corrected chi connectivity index (χ1v) is 6.24. The summed E-state index contributed by atoms with van der Waals surface area (Å²) in [5.74, 6) is -0.900. The van der Waals surface area contributed by atoms with Crippen LogP contribution in [0, 0.1) is 5.95 Å². The zero-order chi connectivity index (χ0) is 13.2. The highest BCUT2D eigenvalue weighted by molar-refractivity contribution is 5.94. The van der Waals surface area contributed by atoms with Gasteiger partial charge in [-0.3, -0.25) is 4.79 Å². The summed E-state index contributed by atoms with van der Waals surface area (Å²) in [6, 6.07) is 10.8. The van der Waals surface area contributed by atoms with E-state index in [1.165, 1.54) is 17.8 Å². The quantitative estimate of drug-likeness (QED) is 0.839. The van der Waals surface area contributed by atoms with Gasteiger partial charge < -0.3 is 5.32 Å². The molecule has 0 radical (unpaired) electrons. The van der Waals surface area contributed by atoms with Crippen molar-refractivity contribution in [1.82, 2.24) is 10.3 Å². The van der Waals surface area contributed by atoms with Gasteiger partial charge >= 0.3 is 0 Å². The molecule has 0 spiro atoms. The molecule has 3 nitrogen and oxygen atoms in total. The third-order valence-corrected chi connectivity index (χ3v) is 3.43. The van der Waals surface area contributed by atoms with Crippen LogP contribution in [-0.2, 0) is 6.42 Å². The van der Waals surface area contributed by atoms with Gasteiger partial charge in [0.15, 0.2) is 0 Å². The van der Waals surface area contributed by atoms with Crippen LogP contribution in [0.25, 0.3) is 0 Å². The fourth-order valence-electron chi connectivity index (χ4n) is 2.49. The Hall–Kier alpha value is -2.23. The maximum atomic E-state index is 13.0. The molecule has 96 valence electrons. The largest absolute Gasteiger partial charge is 0.345 e. The van der Waals surface area contributed by atoms with Crippen LogP contribution < -0.4 is 5.32 Å². The van der Waals surface area contributed by atoms with Gasteiger partial charge in [0.25, 0.3) is 5.91 Å². The maximum Gasteiger partial charge on any atom is 0.251 e. The van der Waals surface area contributed by atoms with E-state index >= 15 is 0 Å². The van der Waals surface area contributed by atoms with E-state index in [4.69, 9.17) is 0 Å². The van der Waals surface area contributed by atoms with Crippen molar-refractivity contribution < 1.29 is 9.18 Å². The number of benzene rings is 1. The molecule has 1 amide bonds. The number of nitrogens with zero attached hydrogens (tertiary/aromatic N) is 1. The number of fused-ring (bicyclic) bond motifs is 1. The number of aryl methyl sites for hydroxylation is 1. The minimum Gasteiger partial charge on any atom is -0.345 e. The third kappa shape index (κ3) is 2.34. The number of amides is 1. The molecule has 0 saturated heterocycles. The Morgan fingerprint density at radius 3 is 3.00 bits per heavy atom. The second kappa shape index (κ2) is 4.80. The van der Waals surface area contributed by atoms with E-state index in [1.807, 2.05) is 18.2 Å². The Kier molecular flexibility index (Phi) is 2.99. The van der Waals surface area contributed by atoms with Crippen molar-refractivity contribution in [3.8, 4) is 0 Å². The highest BCUT2D eigenvalue weighted by atomic mass is 19.1. The van der Waals surface area contributed by atoms with Crippen molar-refractivity contribution in [2.75, 3.05) is 0 Å². The van der Waals surface area contributed by atoms with Crippen molar-refractivity contribution >= 4 is 5.91 Å². The number of carbonyl (C=O) groups excluding carboxylic acids is 1. The van der Waals surface area contributed by atoms with Gasteiger partial charge in [-0.05, 0) is 30.0 Å². The van der Waals surface area contributed by atoms with Gasteiger partial charge in [0.1, 0.15) is 0 Å². The van der Waals surface area contributed by atoms with Crippen LogP contribution in [0.2, 0.25) is 0 Å². The van der Waals surface area contributed by atoms with Gasteiger partial charge in [-0.15, -0.1) is 0 Å². The number of hydrogen-bond acceptors (Lipinski definition) is 2. The first-order chi connectivity index (χ1) is 9.24. The zero-order valence-electron chi connectivity index (χ0n) is 10.3. The summed E-state index contributed by atoms with van der Waals surface area (Å²) in [6.45, 7) is 0. The molecule has 1 heterocycles. The van der Waals surface area contributed by atoms with Gasteiger partial charge in [-0.2, -0.15) is 4.39 Å². The molecule has 0 fully saturated rings. The SMILES string of the molecule is O=C(NC1CCc2ccccc21)c1ccnc(F)c1. The summed E-state index contributed by atoms with van der Waals surface area (Å²) in [7, 11) is 0. The summed E-state index contributed by atoms with van der Waals surface area (Å²) >= 11 is 0. The summed E-state index contributed by atoms with van der Waals surface area (Å²) in [6.07, 6.45) is 3.15. The fraction of sp³-hybridized carbons (Fsp3) is 0.200. The molecule has 4 heteroatoms. The molecular weight excluding hydrogens is 243 g/mol. The first-order valence-electron chi connectivity index (χ1n) is 6.24. The lowest BCUT2D eigenvalue weighted by Gasteiger charge is -2.14. The molecule has 1 aromatic heterocycles. The maximum absolute atomic E-state index is 13.0. The molecule has 1 aliphatic rings. The fourth-order valence-corrected chi connectivity index (χ4v) is 2.49. The number of aromatic nitrogens is 1. The first kappa shape index (κ1) is 11.8. The number of rotatable bonds is 2. The van der Waals surface area contributed by atoms with Crippen LogP contribution in [0.15, 0.2) is 42.6 Å². The monoisotopic (exact) mass is 256 g/mol. The zero-order valence-corrected chi connectivity index (χ0v) is 10.3. The van der Waals surface area contributed by atoms with E-state index in [9.17, 15) is 9.18 Å². The lowest BCUT2D eigenvalue weighted by molar-refractivity contribution is 0.0936. The number of hydrogen-bond donors (Lipinski definition) is 1. The standard InChI is InChI=1S/C15H13FN2O/c16-14-9-11(7-8-17-14)15(19)18-13-6-5-10-3-1-2-4-12(10)13/h1-4,7-9,13H,5-6H2,(H,18,19). The second-order valence-electron chi connectivity index (χ2n) is 4.63. The third-order valence-electron chi connectivity index (χ3n) is 3.43. The molecule has 0 aliphatic heterocycles. The summed E-state index contributed by atoms with van der Waals surface area (Å²) in [5.41, 5.74) is 2.73. The Labute approximate surface area is 110 Å². The Bertz CT molecular complexity index is 627. The molecule has 2 aromatic rings. The van der Waals surface area contributed by atoms with Crippen molar-refractivity contribution in [3.63, 3.8) is 0 Å². The average molecular weight is 256 g/mol. The predicted octanol–water partition coefficient (Wildman–Crippen LogP) is 2.64. The summed E-state index contributed by atoms with van der Waals surface area (Å²) in [5, 5.41) is 2.95. The summed E-state index contributed by atoms with van der Waals surface area (Å²) in [4.78, 5) is 15.5. The number of pyridine rings is 1. The molecule has 1 N–H and O–H groups in total. The molecule has 1 unspecified atom stereocenters. The van der Waals surface area contributed by atoms with Gasteiger partial charge in [0.05, 0.1) is 6.04 Å². The van der Waals surface area contributed by atoms with Crippen LogP contribution in [0.4, 0.5) is 4.39 Å². The molecule has 0 bridgehead atoms. The van der Waals surface area contributed by atoms with Crippen molar-refractivity contribution in [2.45, 2.75) is 18.9 Å². The molecule has 3 rings (SSSR count). The number of carbonyl (C=O) groups is 1. The average Bonchev–Trinajstić information content (AvgIpc) is 2.82. The van der Waals surface area contributed by atoms with E-state index in [0.29, 0.717) is 5.56 Å². The smallest absolute Gasteiger partial charge is 0.251 e. The van der Waals surface area contributed by atoms with E-state index in [0.717, 1.165) is 24.5 Å². The topological polar surface area (TPSA) is 42.0 Å². The Balaban J connectivity index is 1.78. The van der Waals surface area contributed by atoms with E-state index < -0.39 is 5.95 Å². The molecule has 0 saturated carbocycles. The highest BCUT2D eigenvalue weighted by Crippen LogP contribution is 2.30. The minimum absolute atomic E-state index is 0.0138. The van der Waals surface area contributed by atoms with Crippen molar-refractivity contribution in [2.24, 2.45) is 0 Å². The Morgan fingerprint density at radius 2 is 2.16 bits per heavy atom. The number of halogens is 1. The Morgan fingerprint density at radius 1 is 1.32 bits per heavy atom. The highest BCUT2D eigenvalue weighted by Gasteiger charge is 2.23. The summed E-state index contributed by atoms with van der Waals surface area (Å²) < 4.78 is 13.0. The van der Waals surface area contributed by atoms with Crippen LogP contribution in [-0.4, -0.2) is 10.9 Å². The van der Waals surface area contributed by atoms with E-state index in [1.54, 1.807) is 0 Å².